The predicted octanol–water partition coefficient (Wildman–Crippen LogP) is 3.19. The van der Waals surface area contributed by atoms with E-state index in [1.165, 1.54) is 16.5 Å². The second-order valence-electron chi connectivity index (χ2n) is 5.10. The van der Waals surface area contributed by atoms with Crippen LogP contribution in [0.5, 0.6) is 0 Å². The van der Waals surface area contributed by atoms with Gasteiger partial charge in [0.05, 0.1) is 17.3 Å². The lowest BCUT2D eigenvalue weighted by atomic mass is 9.97. The zero-order valence-electron chi connectivity index (χ0n) is 12.1. The van der Waals surface area contributed by atoms with E-state index in [9.17, 15) is 0 Å². The third kappa shape index (κ3) is 2.00. The standard InChI is InChI=1S/C17H19N3/c1-12-8-4-5-9-13(12)16(18-2)17-14-10-6-7-11-15(14)20(3)19-17/h4-11,16,18H,1-3H3. The minimum atomic E-state index is 0.113. The van der Waals surface area contributed by atoms with E-state index in [1.807, 2.05) is 18.8 Å². The minimum absolute atomic E-state index is 0.113. The molecule has 102 valence electrons. The topological polar surface area (TPSA) is 29.9 Å². The van der Waals surface area contributed by atoms with Gasteiger partial charge in [0.25, 0.3) is 0 Å². The van der Waals surface area contributed by atoms with Crippen LogP contribution in [0, 0.1) is 6.92 Å². The monoisotopic (exact) mass is 265 g/mol. The maximum Gasteiger partial charge on any atom is 0.0917 e. The van der Waals surface area contributed by atoms with Crippen molar-refractivity contribution in [3.8, 4) is 0 Å². The van der Waals surface area contributed by atoms with E-state index in [0.717, 1.165) is 11.2 Å². The number of hydrogen-bond acceptors (Lipinski definition) is 2. The summed E-state index contributed by atoms with van der Waals surface area (Å²) in [4.78, 5) is 0. The number of hydrogen-bond donors (Lipinski definition) is 1. The first kappa shape index (κ1) is 12.9. The summed E-state index contributed by atoms with van der Waals surface area (Å²) in [6, 6.07) is 16.9. The van der Waals surface area contributed by atoms with Crippen molar-refractivity contribution in [3.63, 3.8) is 0 Å². The molecule has 0 saturated heterocycles. The van der Waals surface area contributed by atoms with Gasteiger partial charge in [0, 0.05) is 12.4 Å². The first-order valence-corrected chi connectivity index (χ1v) is 6.87. The largest absolute Gasteiger partial charge is 0.308 e. The fraction of sp³-hybridized carbons (Fsp3) is 0.235. The molecule has 1 unspecified atom stereocenters. The van der Waals surface area contributed by atoms with E-state index in [0.29, 0.717) is 0 Å². The summed E-state index contributed by atoms with van der Waals surface area (Å²) in [5.41, 5.74) is 4.80. The van der Waals surface area contributed by atoms with Gasteiger partial charge in [0.1, 0.15) is 0 Å². The Morgan fingerprint density at radius 2 is 1.75 bits per heavy atom. The zero-order chi connectivity index (χ0) is 14.1. The minimum Gasteiger partial charge on any atom is -0.308 e. The summed E-state index contributed by atoms with van der Waals surface area (Å²) in [6.07, 6.45) is 0. The molecule has 20 heavy (non-hydrogen) atoms. The number of aryl methyl sites for hydroxylation is 2. The van der Waals surface area contributed by atoms with Gasteiger partial charge in [-0.3, -0.25) is 4.68 Å². The molecule has 0 fully saturated rings. The van der Waals surface area contributed by atoms with Crippen LogP contribution in [0.3, 0.4) is 0 Å². The van der Waals surface area contributed by atoms with Crippen molar-refractivity contribution in [2.24, 2.45) is 7.05 Å². The summed E-state index contributed by atoms with van der Waals surface area (Å²) in [5, 5.41) is 9.34. The van der Waals surface area contributed by atoms with Crippen LogP contribution in [0.2, 0.25) is 0 Å². The molecule has 0 radical (unpaired) electrons. The molecule has 0 amide bonds. The summed E-state index contributed by atoms with van der Waals surface area (Å²) in [5.74, 6) is 0. The number of benzene rings is 2. The number of rotatable bonds is 3. The molecule has 0 aliphatic rings. The Bertz CT molecular complexity index is 743. The van der Waals surface area contributed by atoms with Crippen LogP contribution in [0.25, 0.3) is 10.9 Å². The summed E-state index contributed by atoms with van der Waals surface area (Å²) in [7, 11) is 3.98. The number of para-hydroxylation sites is 1. The van der Waals surface area contributed by atoms with E-state index in [-0.39, 0.29) is 6.04 Å². The molecule has 3 nitrogen and oxygen atoms in total. The van der Waals surface area contributed by atoms with Crippen molar-refractivity contribution in [3.05, 3.63) is 65.4 Å². The molecule has 3 aromatic rings. The molecule has 0 spiro atoms. The van der Waals surface area contributed by atoms with Crippen molar-refractivity contribution in [1.82, 2.24) is 15.1 Å². The van der Waals surface area contributed by atoms with Crippen molar-refractivity contribution in [2.45, 2.75) is 13.0 Å². The average molecular weight is 265 g/mol. The molecular formula is C17H19N3. The maximum atomic E-state index is 4.73. The van der Waals surface area contributed by atoms with Crippen molar-refractivity contribution in [1.29, 1.82) is 0 Å². The smallest absolute Gasteiger partial charge is 0.0917 e. The predicted molar refractivity (Wildman–Crippen MR) is 82.8 cm³/mol. The number of nitrogens with one attached hydrogen (secondary N) is 1. The van der Waals surface area contributed by atoms with Crippen LogP contribution in [-0.2, 0) is 7.05 Å². The number of aromatic nitrogens is 2. The Morgan fingerprint density at radius 3 is 2.50 bits per heavy atom. The third-order valence-corrected chi connectivity index (χ3v) is 3.85. The Balaban J connectivity index is 2.20. The molecule has 0 bridgehead atoms. The highest BCUT2D eigenvalue weighted by atomic mass is 15.3. The molecule has 0 aliphatic carbocycles. The fourth-order valence-corrected chi connectivity index (χ4v) is 2.81. The number of fused-ring (bicyclic) bond motifs is 1. The second-order valence-corrected chi connectivity index (χ2v) is 5.10. The summed E-state index contributed by atoms with van der Waals surface area (Å²) >= 11 is 0. The van der Waals surface area contributed by atoms with Crippen molar-refractivity contribution >= 4 is 10.9 Å². The molecular weight excluding hydrogens is 246 g/mol. The normalized spacial score (nSPS) is 12.8. The van der Waals surface area contributed by atoms with Crippen LogP contribution in [0.15, 0.2) is 48.5 Å². The highest BCUT2D eigenvalue weighted by Gasteiger charge is 2.20. The van der Waals surface area contributed by atoms with E-state index >= 15 is 0 Å². The van der Waals surface area contributed by atoms with E-state index < -0.39 is 0 Å². The molecule has 2 aromatic carbocycles. The lowest BCUT2D eigenvalue weighted by Gasteiger charge is -2.17. The Morgan fingerprint density at radius 1 is 1.05 bits per heavy atom. The SMILES string of the molecule is CNC(c1ccccc1C)c1nn(C)c2ccccc12. The van der Waals surface area contributed by atoms with Crippen molar-refractivity contribution in [2.75, 3.05) is 7.05 Å². The van der Waals surface area contributed by atoms with Gasteiger partial charge < -0.3 is 5.32 Å². The van der Waals surface area contributed by atoms with Crippen molar-refractivity contribution < 1.29 is 0 Å². The quantitative estimate of drug-likeness (QED) is 0.788. The highest BCUT2D eigenvalue weighted by Crippen LogP contribution is 2.29. The average Bonchev–Trinajstić information content (AvgIpc) is 2.80. The molecule has 1 atom stereocenters. The fourth-order valence-electron chi connectivity index (χ4n) is 2.81. The molecule has 3 rings (SSSR count). The van der Waals surface area contributed by atoms with Crippen LogP contribution < -0.4 is 5.32 Å². The molecule has 0 saturated carbocycles. The van der Waals surface area contributed by atoms with Gasteiger partial charge in [0.15, 0.2) is 0 Å². The number of nitrogens with zero attached hydrogens (tertiary/aromatic N) is 2. The van der Waals surface area contributed by atoms with Crippen LogP contribution >= 0.6 is 0 Å². The summed E-state index contributed by atoms with van der Waals surface area (Å²) in [6.45, 7) is 2.14. The summed E-state index contributed by atoms with van der Waals surface area (Å²) < 4.78 is 1.95. The van der Waals surface area contributed by atoms with E-state index in [1.54, 1.807) is 0 Å². The molecule has 3 heteroatoms. The van der Waals surface area contributed by atoms with Gasteiger partial charge >= 0.3 is 0 Å². The van der Waals surface area contributed by atoms with Gasteiger partial charge in [0.2, 0.25) is 0 Å². The highest BCUT2D eigenvalue weighted by molar-refractivity contribution is 5.82. The third-order valence-electron chi connectivity index (χ3n) is 3.85. The molecule has 1 heterocycles. The zero-order valence-corrected chi connectivity index (χ0v) is 12.1. The Hall–Kier alpha value is -2.13. The maximum absolute atomic E-state index is 4.73. The van der Waals surface area contributed by atoms with Gasteiger partial charge in [-0.25, -0.2) is 0 Å². The van der Waals surface area contributed by atoms with Gasteiger partial charge in [-0.2, -0.15) is 5.10 Å². The molecule has 0 aliphatic heterocycles. The van der Waals surface area contributed by atoms with Crippen LogP contribution in [0.4, 0.5) is 0 Å². The van der Waals surface area contributed by atoms with Crippen LogP contribution in [0.1, 0.15) is 22.9 Å². The first-order chi connectivity index (χ1) is 9.72. The lowest BCUT2D eigenvalue weighted by molar-refractivity contribution is 0.645. The Kier molecular flexibility index (Phi) is 3.28. The molecule has 1 aromatic heterocycles. The van der Waals surface area contributed by atoms with Gasteiger partial charge in [-0.15, -0.1) is 0 Å². The van der Waals surface area contributed by atoms with Gasteiger partial charge in [-0.1, -0.05) is 42.5 Å². The van der Waals surface area contributed by atoms with E-state index in [2.05, 4.69) is 60.8 Å². The van der Waals surface area contributed by atoms with E-state index in [4.69, 9.17) is 5.10 Å². The lowest BCUT2D eigenvalue weighted by Crippen LogP contribution is -2.19. The van der Waals surface area contributed by atoms with Crippen LogP contribution in [-0.4, -0.2) is 16.8 Å². The van der Waals surface area contributed by atoms with Gasteiger partial charge in [-0.05, 0) is 31.2 Å². The first-order valence-electron chi connectivity index (χ1n) is 6.87. The second kappa shape index (κ2) is 5.10. The molecule has 1 N–H and O–H groups in total. The Labute approximate surface area is 119 Å².